The minimum atomic E-state index is -0.646. The van der Waals surface area contributed by atoms with Crippen LogP contribution < -0.4 is 5.32 Å². The molecule has 0 aromatic heterocycles. The molecule has 0 saturated carbocycles. The number of ether oxygens (including phenoxy) is 1. The predicted octanol–water partition coefficient (Wildman–Crippen LogP) is 1.97. The molecular weight excluding hydrogens is 268 g/mol. The molecule has 21 heavy (non-hydrogen) atoms. The van der Waals surface area contributed by atoms with E-state index in [1.165, 1.54) is 7.11 Å². The molecule has 2 amide bonds. The van der Waals surface area contributed by atoms with Crippen LogP contribution in [0, 0.1) is 0 Å². The minimum absolute atomic E-state index is 0.180. The maximum absolute atomic E-state index is 12.2. The summed E-state index contributed by atoms with van der Waals surface area (Å²) >= 11 is 0. The summed E-state index contributed by atoms with van der Waals surface area (Å²) in [5, 5.41) is 2.80. The van der Waals surface area contributed by atoms with Crippen LogP contribution in [0.5, 0.6) is 0 Å². The first-order valence-corrected chi connectivity index (χ1v) is 7.38. The zero-order chi connectivity index (χ0) is 15.1. The van der Waals surface area contributed by atoms with Gasteiger partial charge in [-0.3, -0.25) is 0 Å². The van der Waals surface area contributed by atoms with Gasteiger partial charge in [0.1, 0.15) is 6.04 Å². The Balaban J connectivity index is 1.99. The number of hydrogen-bond donors (Lipinski definition) is 1. The Bertz CT molecular complexity index is 470. The molecule has 1 aromatic carbocycles. The van der Waals surface area contributed by atoms with Crippen LogP contribution in [0.25, 0.3) is 0 Å². The Kier molecular flexibility index (Phi) is 5.60. The molecule has 1 aliphatic rings. The van der Waals surface area contributed by atoms with Gasteiger partial charge in [0.2, 0.25) is 0 Å². The van der Waals surface area contributed by atoms with Gasteiger partial charge in [0, 0.05) is 19.5 Å². The normalized spacial score (nSPS) is 16.1. The van der Waals surface area contributed by atoms with E-state index >= 15 is 0 Å². The predicted molar refractivity (Wildman–Crippen MR) is 79.9 cm³/mol. The summed E-state index contributed by atoms with van der Waals surface area (Å²) in [7, 11) is 1.34. The summed E-state index contributed by atoms with van der Waals surface area (Å²) in [6, 6.07) is 8.79. The number of nitrogens with zero attached hydrogens (tertiary/aromatic N) is 1. The summed E-state index contributed by atoms with van der Waals surface area (Å²) in [4.78, 5) is 25.9. The van der Waals surface area contributed by atoms with Crippen LogP contribution in [0.4, 0.5) is 4.79 Å². The number of amides is 2. The Labute approximate surface area is 125 Å². The standard InChI is InChI=1S/C16H22N2O3/c1-21-15(19)14(12-13-8-4-2-5-9-13)17-16(20)18-10-6-3-7-11-18/h2,4-5,8-9,14H,3,6-7,10-12H2,1H3,(H,17,20)/t14-/m1/s1. The Morgan fingerprint density at radius 2 is 1.86 bits per heavy atom. The molecule has 1 aliphatic heterocycles. The van der Waals surface area contributed by atoms with E-state index in [0.717, 1.165) is 37.9 Å². The first-order valence-electron chi connectivity index (χ1n) is 7.38. The summed E-state index contributed by atoms with van der Waals surface area (Å²) in [5.41, 5.74) is 0.992. The second-order valence-electron chi connectivity index (χ2n) is 5.26. The van der Waals surface area contributed by atoms with E-state index in [4.69, 9.17) is 4.74 Å². The van der Waals surface area contributed by atoms with Crippen molar-refractivity contribution in [2.75, 3.05) is 20.2 Å². The highest BCUT2D eigenvalue weighted by molar-refractivity contribution is 5.83. The highest BCUT2D eigenvalue weighted by atomic mass is 16.5. The number of piperidine rings is 1. The number of esters is 1. The van der Waals surface area contributed by atoms with Crippen LogP contribution in [0.2, 0.25) is 0 Å². The smallest absolute Gasteiger partial charge is 0.328 e. The summed E-state index contributed by atoms with van der Waals surface area (Å²) in [5.74, 6) is -0.413. The van der Waals surface area contributed by atoms with Crippen molar-refractivity contribution in [3.05, 3.63) is 35.9 Å². The summed E-state index contributed by atoms with van der Waals surface area (Å²) in [6.07, 6.45) is 3.64. The number of likely N-dealkylation sites (tertiary alicyclic amines) is 1. The number of rotatable bonds is 4. The average molecular weight is 290 g/mol. The summed E-state index contributed by atoms with van der Waals surface area (Å²) < 4.78 is 4.80. The molecule has 1 aromatic rings. The minimum Gasteiger partial charge on any atom is -0.467 e. The quantitative estimate of drug-likeness (QED) is 0.862. The lowest BCUT2D eigenvalue weighted by atomic mass is 10.1. The molecule has 0 bridgehead atoms. The van der Waals surface area contributed by atoms with Crippen molar-refractivity contribution in [3.8, 4) is 0 Å². The van der Waals surface area contributed by atoms with Crippen LogP contribution in [-0.2, 0) is 16.0 Å². The van der Waals surface area contributed by atoms with E-state index in [9.17, 15) is 9.59 Å². The Morgan fingerprint density at radius 3 is 2.48 bits per heavy atom. The topological polar surface area (TPSA) is 58.6 Å². The zero-order valence-corrected chi connectivity index (χ0v) is 12.4. The highest BCUT2D eigenvalue weighted by Crippen LogP contribution is 2.10. The average Bonchev–Trinajstić information content (AvgIpc) is 2.55. The molecule has 114 valence electrons. The number of nitrogens with one attached hydrogen (secondary N) is 1. The number of carbonyl (C=O) groups excluding carboxylic acids is 2. The van der Waals surface area contributed by atoms with Crippen molar-refractivity contribution in [1.29, 1.82) is 0 Å². The van der Waals surface area contributed by atoms with Gasteiger partial charge in [-0.2, -0.15) is 0 Å². The van der Waals surface area contributed by atoms with E-state index in [1.807, 2.05) is 30.3 Å². The van der Waals surface area contributed by atoms with Gasteiger partial charge in [0.25, 0.3) is 0 Å². The van der Waals surface area contributed by atoms with Crippen LogP contribution in [-0.4, -0.2) is 43.1 Å². The van der Waals surface area contributed by atoms with Crippen LogP contribution in [0.15, 0.2) is 30.3 Å². The zero-order valence-electron chi connectivity index (χ0n) is 12.4. The van der Waals surface area contributed by atoms with Gasteiger partial charge in [-0.25, -0.2) is 9.59 Å². The lowest BCUT2D eigenvalue weighted by Gasteiger charge is -2.28. The van der Waals surface area contributed by atoms with Crippen LogP contribution >= 0.6 is 0 Å². The second kappa shape index (κ2) is 7.67. The third-order valence-corrected chi connectivity index (χ3v) is 3.71. The number of methoxy groups -OCH3 is 1. The first-order chi connectivity index (χ1) is 10.2. The van der Waals surface area contributed by atoms with Crippen molar-refractivity contribution < 1.29 is 14.3 Å². The highest BCUT2D eigenvalue weighted by Gasteiger charge is 2.25. The molecule has 1 atom stereocenters. The Hall–Kier alpha value is -2.04. The maximum Gasteiger partial charge on any atom is 0.328 e. The molecule has 0 radical (unpaired) electrons. The number of urea groups is 1. The van der Waals surface area contributed by atoms with E-state index < -0.39 is 12.0 Å². The number of carbonyl (C=O) groups is 2. The molecule has 1 heterocycles. The second-order valence-corrected chi connectivity index (χ2v) is 5.26. The lowest BCUT2D eigenvalue weighted by molar-refractivity contribution is -0.142. The molecule has 0 spiro atoms. The van der Waals surface area contributed by atoms with E-state index in [2.05, 4.69) is 5.32 Å². The van der Waals surface area contributed by atoms with Gasteiger partial charge in [-0.1, -0.05) is 30.3 Å². The van der Waals surface area contributed by atoms with Gasteiger partial charge in [-0.15, -0.1) is 0 Å². The van der Waals surface area contributed by atoms with E-state index in [-0.39, 0.29) is 6.03 Å². The van der Waals surface area contributed by atoms with Gasteiger partial charge in [-0.05, 0) is 24.8 Å². The summed E-state index contributed by atoms with van der Waals surface area (Å²) in [6.45, 7) is 1.51. The number of hydrogen-bond acceptors (Lipinski definition) is 3. The van der Waals surface area contributed by atoms with Gasteiger partial charge < -0.3 is 15.0 Å². The third kappa shape index (κ3) is 4.48. The van der Waals surface area contributed by atoms with Crippen molar-refractivity contribution >= 4 is 12.0 Å². The fraction of sp³-hybridized carbons (Fsp3) is 0.500. The lowest BCUT2D eigenvalue weighted by Crippen LogP contribution is -2.50. The van der Waals surface area contributed by atoms with E-state index in [0.29, 0.717) is 6.42 Å². The van der Waals surface area contributed by atoms with Crippen molar-refractivity contribution in [1.82, 2.24) is 10.2 Å². The fourth-order valence-corrected chi connectivity index (χ4v) is 2.52. The van der Waals surface area contributed by atoms with Crippen molar-refractivity contribution in [2.45, 2.75) is 31.7 Å². The van der Waals surface area contributed by atoms with Crippen LogP contribution in [0.3, 0.4) is 0 Å². The first kappa shape index (κ1) is 15.4. The molecule has 2 rings (SSSR count). The van der Waals surface area contributed by atoms with Crippen molar-refractivity contribution in [3.63, 3.8) is 0 Å². The fourth-order valence-electron chi connectivity index (χ4n) is 2.52. The van der Waals surface area contributed by atoms with Gasteiger partial charge in [0.15, 0.2) is 0 Å². The third-order valence-electron chi connectivity index (χ3n) is 3.71. The van der Waals surface area contributed by atoms with Gasteiger partial charge in [0.05, 0.1) is 7.11 Å². The molecule has 1 saturated heterocycles. The van der Waals surface area contributed by atoms with E-state index in [1.54, 1.807) is 4.90 Å². The molecule has 1 N–H and O–H groups in total. The molecule has 0 aliphatic carbocycles. The molecule has 5 heteroatoms. The monoisotopic (exact) mass is 290 g/mol. The largest absolute Gasteiger partial charge is 0.467 e. The number of benzene rings is 1. The van der Waals surface area contributed by atoms with Crippen molar-refractivity contribution in [2.24, 2.45) is 0 Å². The molecule has 0 unspecified atom stereocenters. The molecule has 5 nitrogen and oxygen atoms in total. The SMILES string of the molecule is COC(=O)[C@@H](Cc1ccccc1)NC(=O)N1CCCCC1. The van der Waals surface area contributed by atoms with Crippen LogP contribution in [0.1, 0.15) is 24.8 Å². The molecular formula is C16H22N2O3. The maximum atomic E-state index is 12.2. The Morgan fingerprint density at radius 1 is 1.19 bits per heavy atom. The molecule has 1 fully saturated rings. The van der Waals surface area contributed by atoms with Gasteiger partial charge >= 0.3 is 12.0 Å².